The van der Waals surface area contributed by atoms with Crippen LogP contribution in [0.2, 0.25) is 0 Å². The van der Waals surface area contributed by atoms with E-state index in [-0.39, 0.29) is 17.4 Å². The molecule has 9 nitrogen and oxygen atoms in total. The van der Waals surface area contributed by atoms with Crippen LogP contribution >= 0.6 is 0 Å². The topological polar surface area (TPSA) is 121 Å². The minimum atomic E-state index is -3.73. The van der Waals surface area contributed by atoms with Crippen LogP contribution in [-0.2, 0) is 30.7 Å². The Hall–Kier alpha value is -1.94. The lowest BCUT2D eigenvalue weighted by Gasteiger charge is -2.05. The van der Waals surface area contributed by atoms with Crippen molar-refractivity contribution in [2.24, 2.45) is 14.1 Å². The lowest BCUT2D eigenvalue weighted by atomic mass is 10.6. The second-order valence-electron chi connectivity index (χ2n) is 3.70. The molecule has 0 saturated heterocycles. The fourth-order valence-electron chi connectivity index (χ4n) is 1.46. The normalized spacial score (nSPS) is 11.9. The van der Waals surface area contributed by atoms with Gasteiger partial charge in [-0.1, -0.05) is 0 Å². The Morgan fingerprint density at radius 3 is 2.56 bits per heavy atom. The van der Waals surface area contributed by atoms with Gasteiger partial charge in [-0.25, -0.2) is 23.1 Å². The van der Waals surface area contributed by atoms with Crippen molar-refractivity contribution in [1.82, 2.24) is 29.0 Å². The van der Waals surface area contributed by atoms with E-state index in [1.54, 1.807) is 14.1 Å². The Morgan fingerprint density at radius 2 is 2.06 bits per heavy atom. The average Bonchev–Trinajstić information content (AvgIpc) is 2.83. The zero-order chi connectivity index (χ0) is 13.3. The van der Waals surface area contributed by atoms with E-state index in [2.05, 4.69) is 19.8 Å². The number of anilines is 1. The number of nitrogens with two attached hydrogens (primary N) is 1. The zero-order valence-corrected chi connectivity index (χ0v) is 10.7. The summed E-state index contributed by atoms with van der Waals surface area (Å²) in [5.74, 6) is 0.334. The smallest absolute Gasteiger partial charge is 0.260 e. The molecule has 0 aliphatic carbocycles. The van der Waals surface area contributed by atoms with Crippen molar-refractivity contribution in [3.8, 4) is 0 Å². The molecule has 2 rings (SSSR count). The SMILES string of the molecule is Cn1cnc(CNS(=O)(=O)c2c(N)ncn2C)n1. The maximum atomic E-state index is 12.0. The van der Waals surface area contributed by atoms with Gasteiger partial charge in [-0.2, -0.15) is 5.10 Å². The van der Waals surface area contributed by atoms with Crippen molar-refractivity contribution in [2.75, 3.05) is 5.73 Å². The van der Waals surface area contributed by atoms with Crippen LogP contribution in [0.4, 0.5) is 5.82 Å². The monoisotopic (exact) mass is 271 g/mol. The summed E-state index contributed by atoms with van der Waals surface area (Å²) >= 11 is 0. The maximum Gasteiger partial charge on any atom is 0.260 e. The molecule has 2 aromatic rings. The van der Waals surface area contributed by atoms with Crippen molar-refractivity contribution in [1.29, 1.82) is 0 Å². The molecular formula is C8H13N7O2S. The molecule has 0 unspecified atom stereocenters. The lowest BCUT2D eigenvalue weighted by molar-refractivity contribution is 0.569. The van der Waals surface area contributed by atoms with E-state index in [0.29, 0.717) is 5.82 Å². The number of nitrogen functional groups attached to an aromatic ring is 1. The molecule has 0 aromatic carbocycles. The van der Waals surface area contributed by atoms with Gasteiger partial charge in [0.05, 0.1) is 12.9 Å². The number of rotatable bonds is 4. The van der Waals surface area contributed by atoms with Crippen LogP contribution in [0, 0.1) is 0 Å². The summed E-state index contributed by atoms with van der Waals surface area (Å²) in [6, 6.07) is 0. The molecule has 18 heavy (non-hydrogen) atoms. The second kappa shape index (κ2) is 4.38. The summed E-state index contributed by atoms with van der Waals surface area (Å²) in [6.45, 7) is -0.00616. The second-order valence-corrected chi connectivity index (χ2v) is 5.39. The van der Waals surface area contributed by atoms with E-state index in [9.17, 15) is 8.42 Å². The highest BCUT2D eigenvalue weighted by atomic mass is 32.2. The van der Waals surface area contributed by atoms with Gasteiger partial charge in [-0.05, 0) is 0 Å². The fourth-order valence-corrected chi connectivity index (χ4v) is 2.67. The number of imidazole rings is 1. The quantitative estimate of drug-likeness (QED) is 0.706. The van der Waals surface area contributed by atoms with E-state index < -0.39 is 10.0 Å². The molecule has 10 heteroatoms. The highest BCUT2D eigenvalue weighted by molar-refractivity contribution is 7.89. The van der Waals surface area contributed by atoms with E-state index >= 15 is 0 Å². The Kier molecular flexibility index (Phi) is 3.05. The summed E-state index contributed by atoms with van der Waals surface area (Å²) in [7, 11) is -0.480. The van der Waals surface area contributed by atoms with Gasteiger partial charge < -0.3 is 10.3 Å². The zero-order valence-electron chi connectivity index (χ0n) is 9.90. The standard InChI is InChI=1S/C8H13N7O2S/c1-14-4-11-7(9)8(14)18(16,17)12-3-6-10-5-15(2)13-6/h4-5,12H,3,9H2,1-2H3. The van der Waals surface area contributed by atoms with Crippen LogP contribution < -0.4 is 10.5 Å². The van der Waals surface area contributed by atoms with E-state index in [0.717, 1.165) is 0 Å². The summed E-state index contributed by atoms with van der Waals surface area (Å²) in [4.78, 5) is 7.64. The Bertz CT molecular complexity index is 637. The molecule has 2 aromatic heterocycles. The molecule has 0 fully saturated rings. The fraction of sp³-hybridized carbons (Fsp3) is 0.375. The number of nitrogens with zero attached hydrogens (tertiary/aromatic N) is 5. The third-order valence-electron chi connectivity index (χ3n) is 2.23. The van der Waals surface area contributed by atoms with E-state index in [4.69, 9.17) is 5.73 Å². The highest BCUT2D eigenvalue weighted by Crippen LogP contribution is 2.14. The molecule has 0 atom stereocenters. The molecule has 3 N–H and O–H groups in total. The Balaban J connectivity index is 2.18. The lowest BCUT2D eigenvalue weighted by Crippen LogP contribution is -2.26. The van der Waals surface area contributed by atoms with Crippen LogP contribution in [0.1, 0.15) is 5.82 Å². The molecule has 0 spiro atoms. The van der Waals surface area contributed by atoms with E-state index in [1.807, 2.05) is 0 Å². The third kappa shape index (κ3) is 2.33. The van der Waals surface area contributed by atoms with Crippen molar-refractivity contribution < 1.29 is 8.42 Å². The van der Waals surface area contributed by atoms with Crippen LogP contribution in [0.3, 0.4) is 0 Å². The summed E-state index contributed by atoms with van der Waals surface area (Å²) in [5, 5.41) is 3.89. The molecule has 0 aliphatic rings. The van der Waals surface area contributed by atoms with Gasteiger partial charge in [0.15, 0.2) is 16.7 Å². The molecule has 0 radical (unpaired) electrons. The summed E-state index contributed by atoms with van der Waals surface area (Å²) in [6.07, 6.45) is 2.82. The summed E-state index contributed by atoms with van der Waals surface area (Å²) < 4.78 is 29.2. The minimum absolute atomic E-state index is 0.00616. The molecular weight excluding hydrogens is 258 g/mol. The molecule has 0 aliphatic heterocycles. The van der Waals surface area contributed by atoms with Crippen LogP contribution in [0.5, 0.6) is 0 Å². The minimum Gasteiger partial charge on any atom is -0.381 e. The Morgan fingerprint density at radius 1 is 1.33 bits per heavy atom. The van der Waals surface area contributed by atoms with Crippen LogP contribution in [0.25, 0.3) is 0 Å². The number of sulfonamides is 1. The van der Waals surface area contributed by atoms with Gasteiger partial charge >= 0.3 is 0 Å². The molecule has 0 saturated carbocycles. The first-order valence-electron chi connectivity index (χ1n) is 5.01. The van der Waals surface area contributed by atoms with Crippen molar-refractivity contribution >= 4 is 15.8 Å². The van der Waals surface area contributed by atoms with Gasteiger partial charge in [0, 0.05) is 14.1 Å². The largest absolute Gasteiger partial charge is 0.381 e. The number of aryl methyl sites for hydroxylation is 2. The van der Waals surface area contributed by atoms with Gasteiger partial charge in [0.1, 0.15) is 6.33 Å². The van der Waals surface area contributed by atoms with Gasteiger partial charge in [-0.3, -0.25) is 4.68 Å². The average molecular weight is 271 g/mol. The first-order chi connectivity index (χ1) is 8.40. The van der Waals surface area contributed by atoms with E-state index in [1.165, 1.54) is 21.9 Å². The predicted octanol–water partition coefficient (Wildman–Crippen LogP) is -1.39. The van der Waals surface area contributed by atoms with Gasteiger partial charge in [-0.15, -0.1) is 0 Å². The van der Waals surface area contributed by atoms with Crippen molar-refractivity contribution in [3.05, 3.63) is 18.5 Å². The highest BCUT2D eigenvalue weighted by Gasteiger charge is 2.22. The Labute approximate surface area is 104 Å². The number of hydrogen-bond acceptors (Lipinski definition) is 6. The van der Waals surface area contributed by atoms with Crippen LogP contribution in [0.15, 0.2) is 17.7 Å². The molecule has 0 bridgehead atoms. The predicted molar refractivity (Wildman–Crippen MR) is 62.6 cm³/mol. The number of hydrogen-bond donors (Lipinski definition) is 2. The molecule has 0 amide bonds. The molecule has 98 valence electrons. The molecule has 2 heterocycles. The van der Waals surface area contributed by atoms with Crippen LogP contribution in [-0.4, -0.2) is 32.7 Å². The van der Waals surface area contributed by atoms with Gasteiger partial charge in [0.2, 0.25) is 0 Å². The first-order valence-corrected chi connectivity index (χ1v) is 6.49. The maximum absolute atomic E-state index is 12.0. The van der Waals surface area contributed by atoms with Crippen molar-refractivity contribution in [2.45, 2.75) is 11.6 Å². The van der Waals surface area contributed by atoms with Gasteiger partial charge in [0.25, 0.3) is 10.0 Å². The van der Waals surface area contributed by atoms with Crippen molar-refractivity contribution in [3.63, 3.8) is 0 Å². The summed E-state index contributed by atoms with van der Waals surface area (Å²) in [5.41, 5.74) is 5.51. The first kappa shape index (κ1) is 12.5. The number of aromatic nitrogens is 5. The number of nitrogens with one attached hydrogen (secondary N) is 1. The third-order valence-corrected chi connectivity index (χ3v) is 3.76.